The molecule has 1 unspecified atom stereocenters. The van der Waals surface area contributed by atoms with E-state index in [2.05, 4.69) is 45.5 Å². The predicted molar refractivity (Wildman–Crippen MR) is 69.6 cm³/mol. The highest BCUT2D eigenvalue weighted by Gasteiger charge is 2.34. The Kier molecular flexibility index (Phi) is 4.00. The Bertz CT molecular complexity index is 348. The van der Waals surface area contributed by atoms with E-state index in [1.807, 2.05) is 7.05 Å². The van der Waals surface area contributed by atoms with Gasteiger partial charge in [0.25, 0.3) is 0 Å². The first-order valence-electron chi connectivity index (χ1n) is 5.72. The van der Waals surface area contributed by atoms with Crippen LogP contribution in [0.5, 0.6) is 0 Å². The predicted octanol–water partition coefficient (Wildman–Crippen LogP) is 2.62. The first-order chi connectivity index (χ1) is 7.76. The maximum atomic E-state index is 5.57. The molecule has 1 heterocycles. The molecule has 0 aliphatic carbocycles. The summed E-state index contributed by atoms with van der Waals surface area (Å²) in [5.74, 6) is 0. The van der Waals surface area contributed by atoms with Crippen LogP contribution in [0.2, 0.25) is 0 Å². The molecule has 0 spiro atoms. The van der Waals surface area contributed by atoms with Gasteiger partial charge in [0.1, 0.15) is 0 Å². The average molecular weight is 284 g/mol. The van der Waals surface area contributed by atoms with E-state index in [4.69, 9.17) is 4.74 Å². The lowest BCUT2D eigenvalue weighted by Gasteiger charge is -2.27. The van der Waals surface area contributed by atoms with Crippen molar-refractivity contribution in [3.05, 3.63) is 34.3 Å². The van der Waals surface area contributed by atoms with Gasteiger partial charge >= 0.3 is 0 Å². The molecule has 1 aromatic carbocycles. The number of ether oxygens (including phenoxy) is 1. The third-order valence-corrected chi connectivity index (χ3v) is 4.03. The molecular weight excluding hydrogens is 266 g/mol. The molecule has 0 radical (unpaired) electrons. The van der Waals surface area contributed by atoms with Crippen LogP contribution < -0.4 is 5.32 Å². The number of hydrogen-bond acceptors (Lipinski definition) is 2. The van der Waals surface area contributed by atoms with Gasteiger partial charge in [0, 0.05) is 23.0 Å². The van der Waals surface area contributed by atoms with Gasteiger partial charge in [0.15, 0.2) is 0 Å². The summed E-state index contributed by atoms with van der Waals surface area (Å²) in [7, 11) is 2.01. The number of nitrogens with one attached hydrogen (secondary N) is 1. The van der Waals surface area contributed by atoms with Crippen LogP contribution in [0.15, 0.2) is 28.7 Å². The minimum absolute atomic E-state index is 0.276. The molecule has 1 N–H and O–H groups in total. The van der Waals surface area contributed by atoms with Crippen LogP contribution in [0.1, 0.15) is 12.0 Å². The number of halogens is 1. The maximum Gasteiger partial charge on any atom is 0.0538 e. The first kappa shape index (κ1) is 12.1. The lowest BCUT2D eigenvalue weighted by Crippen LogP contribution is -2.35. The molecule has 3 heteroatoms. The van der Waals surface area contributed by atoms with Gasteiger partial charge in [0.05, 0.1) is 6.61 Å². The highest BCUT2D eigenvalue weighted by Crippen LogP contribution is 2.34. The number of rotatable bonds is 4. The second-order valence-corrected chi connectivity index (χ2v) is 5.46. The van der Waals surface area contributed by atoms with Gasteiger partial charge in [-0.15, -0.1) is 0 Å². The molecule has 2 rings (SSSR count). The van der Waals surface area contributed by atoms with Gasteiger partial charge in [0.2, 0.25) is 0 Å². The molecule has 1 aliphatic rings. The third kappa shape index (κ3) is 2.65. The van der Waals surface area contributed by atoms with Crippen molar-refractivity contribution in [2.24, 2.45) is 5.41 Å². The SMILES string of the molecule is CNCC1(Cc2ccccc2Br)CCOC1. The molecule has 0 bridgehead atoms. The highest BCUT2D eigenvalue weighted by molar-refractivity contribution is 9.10. The van der Waals surface area contributed by atoms with Crippen molar-refractivity contribution in [2.75, 3.05) is 26.8 Å². The Hall–Kier alpha value is -0.380. The molecule has 1 aliphatic heterocycles. The van der Waals surface area contributed by atoms with Crippen LogP contribution in [-0.2, 0) is 11.2 Å². The first-order valence-corrected chi connectivity index (χ1v) is 6.51. The van der Waals surface area contributed by atoms with Crippen LogP contribution in [0.3, 0.4) is 0 Å². The minimum Gasteiger partial charge on any atom is -0.381 e. The number of hydrogen-bond donors (Lipinski definition) is 1. The van der Waals surface area contributed by atoms with E-state index in [0.29, 0.717) is 0 Å². The molecule has 1 saturated heterocycles. The Morgan fingerprint density at radius 3 is 2.88 bits per heavy atom. The maximum absolute atomic E-state index is 5.57. The summed E-state index contributed by atoms with van der Waals surface area (Å²) in [5, 5.41) is 3.29. The second-order valence-electron chi connectivity index (χ2n) is 4.60. The van der Waals surface area contributed by atoms with Crippen LogP contribution in [0.4, 0.5) is 0 Å². The highest BCUT2D eigenvalue weighted by atomic mass is 79.9. The fourth-order valence-corrected chi connectivity index (χ4v) is 2.84. The van der Waals surface area contributed by atoms with Gasteiger partial charge < -0.3 is 10.1 Å². The van der Waals surface area contributed by atoms with E-state index in [9.17, 15) is 0 Å². The summed E-state index contributed by atoms with van der Waals surface area (Å²) < 4.78 is 6.78. The van der Waals surface area contributed by atoms with E-state index < -0.39 is 0 Å². The molecule has 1 aromatic rings. The summed E-state index contributed by atoms with van der Waals surface area (Å²) in [6.45, 7) is 2.79. The minimum atomic E-state index is 0.276. The van der Waals surface area contributed by atoms with Crippen LogP contribution in [0.25, 0.3) is 0 Å². The molecule has 0 saturated carbocycles. The van der Waals surface area contributed by atoms with Crippen LogP contribution >= 0.6 is 15.9 Å². The lowest BCUT2D eigenvalue weighted by molar-refractivity contribution is 0.150. The van der Waals surface area contributed by atoms with Gasteiger partial charge in [-0.3, -0.25) is 0 Å². The van der Waals surface area contributed by atoms with Crippen molar-refractivity contribution in [1.29, 1.82) is 0 Å². The Morgan fingerprint density at radius 2 is 2.25 bits per heavy atom. The van der Waals surface area contributed by atoms with E-state index in [0.717, 1.165) is 32.6 Å². The zero-order valence-corrected chi connectivity index (χ0v) is 11.2. The standard InChI is InChI=1S/C13H18BrNO/c1-15-9-13(6-7-16-10-13)8-11-4-2-3-5-12(11)14/h2-5,15H,6-10H2,1H3. The van der Waals surface area contributed by atoms with Gasteiger partial charge in [-0.1, -0.05) is 34.1 Å². The van der Waals surface area contributed by atoms with Crippen LogP contribution in [-0.4, -0.2) is 26.8 Å². The fraction of sp³-hybridized carbons (Fsp3) is 0.538. The molecule has 16 heavy (non-hydrogen) atoms. The molecule has 0 aromatic heterocycles. The van der Waals surface area contributed by atoms with E-state index in [1.54, 1.807) is 0 Å². The second kappa shape index (κ2) is 5.30. The number of benzene rings is 1. The van der Waals surface area contributed by atoms with Crippen molar-refractivity contribution in [2.45, 2.75) is 12.8 Å². The van der Waals surface area contributed by atoms with E-state index >= 15 is 0 Å². The van der Waals surface area contributed by atoms with Crippen molar-refractivity contribution < 1.29 is 4.74 Å². The summed E-state index contributed by atoms with van der Waals surface area (Å²) in [4.78, 5) is 0. The van der Waals surface area contributed by atoms with Gasteiger partial charge in [-0.05, 0) is 31.5 Å². The van der Waals surface area contributed by atoms with E-state index in [-0.39, 0.29) is 5.41 Å². The summed E-state index contributed by atoms with van der Waals surface area (Å²) >= 11 is 3.62. The monoisotopic (exact) mass is 283 g/mol. The molecule has 2 nitrogen and oxygen atoms in total. The molecular formula is C13H18BrNO. The smallest absolute Gasteiger partial charge is 0.0538 e. The van der Waals surface area contributed by atoms with Crippen molar-refractivity contribution in [3.63, 3.8) is 0 Å². The van der Waals surface area contributed by atoms with Gasteiger partial charge in [-0.25, -0.2) is 0 Å². The lowest BCUT2D eigenvalue weighted by atomic mass is 9.81. The van der Waals surface area contributed by atoms with E-state index in [1.165, 1.54) is 10.0 Å². The average Bonchev–Trinajstić information content (AvgIpc) is 2.71. The summed E-state index contributed by atoms with van der Waals surface area (Å²) in [6, 6.07) is 8.46. The Balaban J connectivity index is 2.14. The summed E-state index contributed by atoms with van der Waals surface area (Å²) in [6.07, 6.45) is 2.23. The Labute approximate surface area is 106 Å². The molecule has 0 amide bonds. The molecule has 88 valence electrons. The normalized spacial score (nSPS) is 24.9. The topological polar surface area (TPSA) is 21.3 Å². The fourth-order valence-electron chi connectivity index (χ4n) is 2.41. The van der Waals surface area contributed by atoms with Crippen molar-refractivity contribution >= 4 is 15.9 Å². The van der Waals surface area contributed by atoms with Gasteiger partial charge in [-0.2, -0.15) is 0 Å². The van der Waals surface area contributed by atoms with Crippen molar-refractivity contribution in [3.8, 4) is 0 Å². The largest absolute Gasteiger partial charge is 0.381 e. The third-order valence-electron chi connectivity index (χ3n) is 3.26. The van der Waals surface area contributed by atoms with Crippen LogP contribution in [0, 0.1) is 5.41 Å². The molecule has 1 atom stereocenters. The quantitative estimate of drug-likeness (QED) is 0.917. The Morgan fingerprint density at radius 1 is 1.44 bits per heavy atom. The van der Waals surface area contributed by atoms with Crippen molar-refractivity contribution in [1.82, 2.24) is 5.32 Å². The zero-order valence-electron chi connectivity index (χ0n) is 9.63. The zero-order chi connectivity index (χ0) is 11.4. The molecule has 1 fully saturated rings. The summed E-state index contributed by atoms with van der Waals surface area (Å²) in [5.41, 5.74) is 1.65.